The molecule has 1 N–H and O–H groups in total. The minimum absolute atomic E-state index is 0.116. The fraction of sp³-hybridized carbons (Fsp3) is 0.462. The van der Waals surface area contributed by atoms with Gasteiger partial charge in [-0.3, -0.25) is 4.79 Å². The van der Waals surface area contributed by atoms with E-state index in [0.717, 1.165) is 29.2 Å². The van der Waals surface area contributed by atoms with Gasteiger partial charge >= 0.3 is 0 Å². The van der Waals surface area contributed by atoms with Crippen LogP contribution in [0.2, 0.25) is 0 Å². The molecule has 1 aliphatic heterocycles. The van der Waals surface area contributed by atoms with Gasteiger partial charge in [-0.05, 0) is 30.4 Å². The van der Waals surface area contributed by atoms with Crippen LogP contribution >= 0.6 is 11.8 Å². The van der Waals surface area contributed by atoms with Crippen LogP contribution in [0.4, 0.5) is 0 Å². The first kappa shape index (κ1) is 13.1. The summed E-state index contributed by atoms with van der Waals surface area (Å²) in [5.74, 6) is 2.57. The Bertz CT molecular complexity index is 423. The Kier molecular flexibility index (Phi) is 4.75. The van der Waals surface area contributed by atoms with Crippen LogP contribution in [0, 0.1) is 0 Å². The van der Waals surface area contributed by atoms with Crippen molar-refractivity contribution in [1.82, 2.24) is 5.32 Å². The first-order chi connectivity index (χ1) is 8.79. The van der Waals surface area contributed by atoms with Gasteiger partial charge in [0, 0.05) is 18.7 Å². The van der Waals surface area contributed by atoms with Crippen LogP contribution in [-0.2, 0) is 11.2 Å². The molecule has 0 aliphatic carbocycles. The maximum Gasteiger partial charge on any atom is 0.231 e. The van der Waals surface area contributed by atoms with Crippen molar-refractivity contribution < 1.29 is 14.3 Å². The Morgan fingerprint density at radius 2 is 2.22 bits per heavy atom. The summed E-state index contributed by atoms with van der Waals surface area (Å²) in [4.78, 5) is 11.4. The van der Waals surface area contributed by atoms with Crippen molar-refractivity contribution in [3.05, 3.63) is 23.8 Å². The number of carbonyl (C=O) groups excluding carboxylic acids is 1. The minimum Gasteiger partial charge on any atom is -0.454 e. The van der Waals surface area contributed by atoms with Crippen molar-refractivity contribution in [2.75, 3.05) is 25.3 Å². The van der Waals surface area contributed by atoms with Crippen molar-refractivity contribution in [2.45, 2.75) is 12.8 Å². The number of hydrogen-bond acceptors (Lipinski definition) is 4. The third kappa shape index (κ3) is 3.57. The van der Waals surface area contributed by atoms with Crippen molar-refractivity contribution in [2.24, 2.45) is 0 Å². The molecule has 0 radical (unpaired) electrons. The molecule has 1 aromatic rings. The third-order valence-corrected chi connectivity index (χ3v) is 3.32. The molecule has 1 amide bonds. The number of rotatable bonds is 6. The highest BCUT2D eigenvalue weighted by atomic mass is 32.2. The fourth-order valence-corrected chi connectivity index (χ4v) is 2.12. The zero-order valence-corrected chi connectivity index (χ0v) is 11.2. The summed E-state index contributed by atoms with van der Waals surface area (Å²) >= 11 is 1.68. The molecule has 18 heavy (non-hydrogen) atoms. The van der Waals surface area contributed by atoms with E-state index >= 15 is 0 Å². The lowest BCUT2D eigenvalue weighted by Crippen LogP contribution is -2.25. The Hall–Kier alpha value is -1.36. The molecular formula is C13H17NO3S. The molecule has 0 atom stereocenters. The number of carbonyl (C=O) groups is 1. The number of nitrogens with one attached hydrogen (secondary N) is 1. The maximum absolute atomic E-state index is 11.4. The predicted octanol–water partition coefficient (Wildman–Crippen LogP) is 1.83. The largest absolute Gasteiger partial charge is 0.454 e. The Morgan fingerprint density at radius 3 is 3.06 bits per heavy atom. The predicted molar refractivity (Wildman–Crippen MR) is 72.3 cm³/mol. The highest BCUT2D eigenvalue weighted by Gasteiger charge is 2.12. The Balaban J connectivity index is 1.75. The summed E-state index contributed by atoms with van der Waals surface area (Å²) in [6.45, 7) is 0.955. The lowest BCUT2D eigenvalue weighted by Gasteiger charge is -2.05. The first-order valence-electron chi connectivity index (χ1n) is 5.94. The van der Waals surface area contributed by atoms with Gasteiger partial charge in [0.1, 0.15) is 0 Å². The van der Waals surface area contributed by atoms with E-state index in [4.69, 9.17) is 9.47 Å². The molecule has 0 spiro atoms. The Morgan fingerprint density at radius 1 is 1.39 bits per heavy atom. The monoisotopic (exact) mass is 267 g/mol. The molecule has 4 nitrogen and oxygen atoms in total. The first-order valence-corrected chi connectivity index (χ1v) is 7.33. The summed E-state index contributed by atoms with van der Waals surface area (Å²) in [7, 11) is 0. The van der Waals surface area contributed by atoms with Gasteiger partial charge in [0.15, 0.2) is 11.5 Å². The fourth-order valence-electron chi connectivity index (χ4n) is 1.73. The number of thioether (sulfide) groups is 1. The lowest BCUT2D eigenvalue weighted by atomic mass is 10.1. The van der Waals surface area contributed by atoms with E-state index in [0.29, 0.717) is 19.8 Å². The summed E-state index contributed by atoms with van der Waals surface area (Å²) in [6.07, 6.45) is 3.39. The van der Waals surface area contributed by atoms with E-state index in [-0.39, 0.29) is 5.91 Å². The number of hydrogen-bond donors (Lipinski definition) is 1. The summed E-state index contributed by atoms with van der Waals surface area (Å²) < 4.78 is 10.6. The molecule has 0 aromatic heterocycles. The smallest absolute Gasteiger partial charge is 0.231 e. The van der Waals surface area contributed by atoms with E-state index in [1.807, 2.05) is 24.5 Å². The molecule has 1 heterocycles. The van der Waals surface area contributed by atoms with Crippen molar-refractivity contribution in [3.63, 3.8) is 0 Å². The standard InChI is InChI=1S/C13H17NO3S/c1-18-7-5-13(15)14-6-4-10-2-3-11-12(8-10)17-9-16-11/h2-3,8H,4-7,9H2,1H3,(H,14,15). The van der Waals surface area contributed by atoms with Crippen LogP contribution < -0.4 is 14.8 Å². The molecular weight excluding hydrogens is 250 g/mol. The van der Waals surface area contributed by atoms with Gasteiger partial charge in [-0.2, -0.15) is 11.8 Å². The highest BCUT2D eigenvalue weighted by Crippen LogP contribution is 2.32. The molecule has 0 fully saturated rings. The van der Waals surface area contributed by atoms with E-state index in [9.17, 15) is 4.79 Å². The average Bonchev–Trinajstić information content (AvgIpc) is 2.83. The molecule has 2 rings (SSSR count). The zero-order valence-electron chi connectivity index (χ0n) is 10.4. The number of ether oxygens (including phenoxy) is 2. The van der Waals surface area contributed by atoms with E-state index in [2.05, 4.69) is 5.32 Å². The molecule has 0 saturated carbocycles. The summed E-state index contributed by atoms with van der Waals surface area (Å²) in [6, 6.07) is 5.88. The van der Waals surface area contributed by atoms with E-state index in [1.54, 1.807) is 11.8 Å². The Labute approximate surface area is 111 Å². The van der Waals surface area contributed by atoms with Crippen LogP contribution in [0.15, 0.2) is 18.2 Å². The molecule has 0 unspecified atom stereocenters. The number of fused-ring (bicyclic) bond motifs is 1. The van der Waals surface area contributed by atoms with Crippen molar-refractivity contribution in [3.8, 4) is 11.5 Å². The van der Waals surface area contributed by atoms with Crippen LogP contribution in [0.25, 0.3) is 0 Å². The topological polar surface area (TPSA) is 47.6 Å². The second kappa shape index (κ2) is 6.54. The second-order valence-corrected chi connectivity index (χ2v) is 5.02. The number of benzene rings is 1. The second-order valence-electron chi connectivity index (χ2n) is 4.03. The van der Waals surface area contributed by atoms with Gasteiger partial charge in [-0.15, -0.1) is 0 Å². The van der Waals surface area contributed by atoms with Crippen LogP contribution in [0.5, 0.6) is 11.5 Å². The minimum atomic E-state index is 0.116. The normalized spacial score (nSPS) is 12.5. The van der Waals surface area contributed by atoms with Gasteiger partial charge < -0.3 is 14.8 Å². The summed E-state index contributed by atoms with van der Waals surface area (Å²) in [5, 5.41) is 2.91. The third-order valence-electron chi connectivity index (χ3n) is 2.71. The quantitative estimate of drug-likeness (QED) is 0.854. The maximum atomic E-state index is 11.4. The van der Waals surface area contributed by atoms with Crippen molar-refractivity contribution in [1.29, 1.82) is 0 Å². The average molecular weight is 267 g/mol. The highest BCUT2D eigenvalue weighted by molar-refractivity contribution is 7.98. The molecule has 0 saturated heterocycles. The summed E-state index contributed by atoms with van der Waals surface area (Å²) in [5.41, 5.74) is 1.14. The molecule has 5 heteroatoms. The van der Waals surface area contributed by atoms with Crippen molar-refractivity contribution >= 4 is 17.7 Å². The SMILES string of the molecule is CSCCC(=O)NCCc1ccc2c(c1)OCO2. The van der Waals surface area contributed by atoms with Crippen LogP contribution in [-0.4, -0.2) is 31.3 Å². The van der Waals surface area contributed by atoms with Crippen LogP contribution in [0.3, 0.4) is 0 Å². The molecule has 1 aromatic carbocycles. The zero-order chi connectivity index (χ0) is 12.8. The van der Waals surface area contributed by atoms with E-state index in [1.165, 1.54) is 0 Å². The van der Waals surface area contributed by atoms with Gasteiger partial charge in [-0.1, -0.05) is 6.07 Å². The van der Waals surface area contributed by atoms with Gasteiger partial charge in [0.25, 0.3) is 0 Å². The van der Waals surface area contributed by atoms with Gasteiger partial charge in [0.05, 0.1) is 0 Å². The van der Waals surface area contributed by atoms with Gasteiger partial charge in [0.2, 0.25) is 12.7 Å². The lowest BCUT2D eigenvalue weighted by molar-refractivity contribution is -0.120. The molecule has 1 aliphatic rings. The molecule has 0 bridgehead atoms. The van der Waals surface area contributed by atoms with E-state index < -0.39 is 0 Å². The van der Waals surface area contributed by atoms with Gasteiger partial charge in [-0.25, -0.2) is 0 Å². The molecule has 98 valence electrons. The van der Waals surface area contributed by atoms with Crippen LogP contribution in [0.1, 0.15) is 12.0 Å². The number of amides is 1.